The molecule has 2 aromatic rings. The molecule has 9 nitrogen and oxygen atoms in total. The molecule has 2 aliphatic heterocycles. The highest BCUT2D eigenvalue weighted by Gasteiger charge is 2.28. The fourth-order valence-electron chi connectivity index (χ4n) is 4.34. The van der Waals surface area contributed by atoms with Crippen LogP contribution in [0.25, 0.3) is 11.1 Å². The summed E-state index contributed by atoms with van der Waals surface area (Å²) < 4.78 is 27.3. The lowest BCUT2D eigenvalue weighted by atomic mass is 10.0. The molecular formula is C24H28N4O5S. The standard InChI is InChI=1S/C24H28N4O5S/c1-17(29)23-16-25-12-15-28(23)21-6-2-18(3-7-21)19-4-8-22(9-5-19)34(32,33)27-13-10-20(11-14-27)24(30)26-31/h2-10,23,25,31H,11-16H2,1H3,(H,26,30). The number of Topliss-reactive ketones (excluding diaryl/α,β-unsaturated/α-hetero) is 1. The van der Waals surface area contributed by atoms with Crippen LogP contribution in [0.5, 0.6) is 0 Å². The predicted molar refractivity (Wildman–Crippen MR) is 128 cm³/mol. The second-order valence-corrected chi connectivity index (χ2v) is 10.3. The third-order valence-corrected chi connectivity index (χ3v) is 8.18. The first-order valence-corrected chi connectivity index (χ1v) is 12.6. The first kappa shape index (κ1) is 24.1. The van der Waals surface area contributed by atoms with Crippen LogP contribution < -0.4 is 15.7 Å². The zero-order valence-electron chi connectivity index (χ0n) is 18.9. The van der Waals surface area contributed by atoms with Gasteiger partial charge in [-0.3, -0.25) is 14.8 Å². The number of ketones is 1. The minimum absolute atomic E-state index is 0.0710. The Kier molecular flexibility index (Phi) is 7.13. The molecule has 4 rings (SSSR count). The quantitative estimate of drug-likeness (QED) is 0.420. The van der Waals surface area contributed by atoms with E-state index >= 15 is 0 Å². The van der Waals surface area contributed by atoms with Crippen molar-refractivity contribution in [3.8, 4) is 11.1 Å². The maximum absolute atomic E-state index is 13.0. The maximum Gasteiger partial charge on any atom is 0.270 e. The second kappa shape index (κ2) is 10.1. The van der Waals surface area contributed by atoms with Gasteiger partial charge in [0.25, 0.3) is 5.91 Å². The van der Waals surface area contributed by atoms with Gasteiger partial charge in [-0.15, -0.1) is 0 Å². The lowest BCUT2D eigenvalue weighted by Gasteiger charge is -2.36. The van der Waals surface area contributed by atoms with Crippen LogP contribution >= 0.6 is 0 Å². The Hall–Kier alpha value is -3.05. The summed E-state index contributed by atoms with van der Waals surface area (Å²) in [5.74, 6) is -0.480. The number of amides is 1. The number of carbonyl (C=O) groups is 2. The molecule has 0 aromatic heterocycles. The highest BCUT2D eigenvalue weighted by molar-refractivity contribution is 7.89. The van der Waals surface area contributed by atoms with Crippen molar-refractivity contribution in [3.05, 3.63) is 60.2 Å². The summed E-state index contributed by atoms with van der Waals surface area (Å²) in [5, 5.41) is 12.0. The Morgan fingerprint density at radius 1 is 1.03 bits per heavy atom. The van der Waals surface area contributed by atoms with Crippen LogP contribution in [0, 0.1) is 0 Å². The number of nitrogens with one attached hydrogen (secondary N) is 2. The van der Waals surface area contributed by atoms with E-state index in [9.17, 15) is 18.0 Å². The van der Waals surface area contributed by atoms with Crippen molar-refractivity contribution in [2.45, 2.75) is 24.3 Å². The van der Waals surface area contributed by atoms with Crippen molar-refractivity contribution in [1.29, 1.82) is 0 Å². The largest absolute Gasteiger partial charge is 0.359 e. The summed E-state index contributed by atoms with van der Waals surface area (Å²) in [7, 11) is -3.70. The van der Waals surface area contributed by atoms with E-state index in [0.717, 1.165) is 29.9 Å². The lowest BCUT2D eigenvalue weighted by molar-refractivity contribution is -0.125. The number of rotatable bonds is 6. The van der Waals surface area contributed by atoms with E-state index in [0.29, 0.717) is 12.1 Å². The van der Waals surface area contributed by atoms with Crippen LogP contribution in [0.15, 0.2) is 65.1 Å². The molecule has 1 fully saturated rings. The van der Waals surface area contributed by atoms with E-state index in [-0.39, 0.29) is 36.2 Å². The van der Waals surface area contributed by atoms with Crippen LogP contribution in [0.4, 0.5) is 5.69 Å². The number of anilines is 1. The molecule has 1 amide bonds. The van der Waals surface area contributed by atoms with Gasteiger partial charge in [-0.05, 0) is 48.7 Å². The third-order valence-electron chi connectivity index (χ3n) is 6.30. The minimum Gasteiger partial charge on any atom is -0.359 e. The summed E-state index contributed by atoms with van der Waals surface area (Å²) in [6.45, 7) is 4.06. The molecule has 1 atom stereocenters. The first-order valence-electron chi connectivity index (χ1n) is 11.1. The highest BCUT2D eigenvalue weighted by Crippen LogP contribution is 2.27. The molecule has 2 heterocycles. The Morgan fingerprint density at radius 2 is 1.68 bits per heavy atom. The fourth-order valence-corrected chi connectivity index (χ4v) is 5.72. The van der Waals surface area contributed by atoms with E-state index in [1.165, 1.54) is 10.4 Å². The monoisotopic (exact) mass is 484 g/mol. The average molecular weight is 485 g/mol. The summed E-state index contributed by atoms with van der Waals surface area (Å²) in [4.78, 5) is 25.8. The molecule has 34 heavy (non-hydrogen) atoms. The molecule has 0 saturated carbocycles. The van der Waals surface area contributed by atoms with E-state index < -0.39 is 15.9 Å². The van der Waals surface area contributed by atoms with Crippen molar-refractivity contribution in [3.63, 3.8) is 0 Å². The normalized spacial score (nSPS) is 19.4. The van der Waals surface area contributed by atoms with E-state index in [1.807, 2.05) is 24.3 Å². The summed E-state index contributed by atoms with van der Waals surface area (Å²) >= 11 is 0. The maximum atomic E-state index is 13.0. The number of hydroxylamine groups is 1. The second-order valence-electron chi connectivity index (χ2n) is 8.38. The molecule has 3 N–H and O–H groups in total. The van der Waals surface area contributed by atoms with Gasteiger partial charge in [0.1, 0.15) is 0 Å². The number of sulfonamides is 1. The summed E-state index contributed by atoms with van der Waals surface area (Å²) in [6, 6.07) is 14.5. The predicted octanol–water partition coefficient (Wildman–Crippen LogP) is 1.55. The number of hydrogen-bond donors (Lipinski definition) is 3. The molecule has 0 radical (unpaired) electrons. The molecule has 0 aliphatic carbocycles. The van der Waals surface area contributed by atoms with Gasteiger partial charge >= 0.3 is 0 Å². The molecule has 10 heteroatoms. The van der Waals surface area contributed by atoms with Gasteiger partial charge in [-0.25, -0.2) is 13.9 Å². The van der Waals surface area contributed by atoms with Crippen molar-refractivity contribution >= 4 is 27.4 Å². The van der Waals surface area contributed by atoms with Crippen LogP contribution in [0.3, 0.4) is 0 Å². The number of nitrogens with zero attached hydrogens (tertiary/aromatic N) is 2. The highest BCUT2D eigenvalue weighted by atomic mass is 32.2. The lowest BCUT2D eigenvalue weighted by Crippen LogP contribution is -2.54. The fraction of sp³-hybridized carbons (Fsp3) is 0.333. The van der Waals surface area contributed by atoms with Crippen LogP contribution in [-0.2, 0) is 19.6 Å². The van der Waals surface area contributed by atoms with Crippen molar-refractivity contribution in [2.24, 2.45) is 0 Å². The number of hydrogen-bond acceptors (Lipinski definition) is 7. The minimum atomic E-state index is -3.70. The van der Waals surface area contributed by atoms with Gasteiger partial charge in [-0.2, -0.15) is 4.31 Å². The Balaban J connectivity index is 1.48. The van der Waals surface area contributed by atoms with Gasteiger partial charge < -0.3 is 10.2 Å². The van der Waals surface area contributed by atoms with Crippen molar-refractivity contribution < 1.29 is 23.2 Å². The average Bonchev–Trinajstić information content (AvgIpc) is 2.88. The summed E-state index contributed by atoms with van der Waals surface area (Å²) in [6.07, 6.45) is 1.74. The number of piperazine rings is 1. The van der Waals surface area contributed by atoms with Gasteiger partial charge in [0.05, 0.1) is 10.9 Å². The molecule has 1 saturated heterocycles. The van der Waals surface area contributed by atoms with Gasteiger partial charge in [0, 0.05) is 44.0 Å². The first-order chi connectivity index (χ1) is 16.3. The molecule has 1 unspecified atom stereocenters. The van der Waals surface area contributed by atoms with Crippen molar-refractivity contribution in [2.75, 3.05) is 37.6 Å². The molecule has 0 bridgehead atoms. The zero-order valence-corrected chi connectivity index (χ0v) is 19.7. The SMILES string of the molecule is CC(=O)C1CNCCN1c1ccc(-c2ccc(S(=O)(=O)N3CC=C(C(=O)NO)CC3)cc2)cc1. The molecule has 2 aromatic carbocycles. The number of benzene rings is 2. The number of carbonyl (C=O) groups excluding carboxylic acids is 2. The molecule has 0 spiro atoms. The van der Waals surface area contributed by atoms with Crippen molar-refractivity contribution in [1.82, 2.24) is 15.1 Å². The van der Waals surface area contributed by atoms with Crippen LogP contribution in [0.2, 0.25) is 0 Å². The van der Waals surface area contributed by atoms with Gasteiger partial charge in [0.15, 0.2) is 5.78 Å². The van der Waals surface area contributed by atoms with E-state index in [2.05, 4.69) is 10.2 Å². The topological polar surface area (TPSA) is 119 Å². The molecule has 180 valence electrons. The van der Waals surface area contributed by atoms with Crippen LogP contribution in [0.1, 0.15) is 13.3 Å². The van der Waals surface area contributed by atoms with E-state index in [1.54, 1.807) is 36.7 Å². The zero-order chi connectivity index (χ0) is 24.3. The Morgan fingerprint density at radius 3 is 2.24 bits per heavy atom. The van der Waals surface area contributed by atoms with E-state index in [4.69, 9.17) is 5.21 Å². The van der Waals surface area contributed by atoms with Crippen LogP contribution in [-0.4, -0.2) is 68.4 Å². The third kappa shape index (κ3) is 4.90. The summed E-state index contributed by atoms with van der Waals surface area (Å²) in [5.41, 5.74) is 4.75. The molecular weight excluding hydrogens is 456 g/mol. The smallest absolute Gasteiger partial charge is 0.270 e. The Bertz CT molecular complexity index is 1190. The Labute approximate surface area is 199 Å². The van der Waals surface area contributed by atoms with Gasteiger partial charge in [0.2, 0.25) is 10.0 Å². The molecule has 2 aliphatic rings. The van der Waals surface area contributed by atoms with Gasteiger partial charge in [-0.1, -0.05) is 30.3 Å².